The Labute approximate surface area is 121 Å². The van der Waals surface area contributed by atoms with Gasteiger partial charge in [-0.1, -0.05) is 11.6 Å². The minimum Gasteiger partial charge on any atom is -0.480 e. The van der Waals surface area contributed by atoms with Gasteiger partial charge in [-0.15, -0.1) is 0 Å². The maximum atomic E-state index is 11.6. The average molecular weight is 320 g/mol. The number of halogens is 1. The monoisotopic (exact) mass is 319 g/mol. The van der Waals surface area contributed by atoms with Crippen LogP contribution in [0.4, 0.5) is 5.69 Å². The Bertz CT molecular complexity index is 601. The minimum absolute atomic E-state index is 0.260. The molecule has 1 aromatic carbocycles. The maximum Gasteiger partial charge on any atom is 0.323 e. The summed E-state index contributed by atoms with van der Waals surface area (Å²) in [6.07, 6.45) is -1.10. The number of rotatable bonds is 4. The van der Waals surface area contributed by atoms with Gasteiger partial charge in [0.05, 0.1) is 23.7 Å². The van der Waals surface area contributed by atoms with E-state index in [2.05, 4.69) is 0 Å². The van der Waals surface area contributed by atoms with Gasteiger partial charge in [0.15, 0.2) is 9.84 Å². The molecule has 6 nitrogen and oxygen atoms in total. The first-order valence-corrected chi connectivity index (χ1v) is 8.11. The van der Waals surface area contributed by atoms with Crippen LogP contribution in [0.25, 0.3) is 0 Å². The molecule has 0 aliphatic carbocycles. The molecule has 110 valence electrons. The summed E-state index contributed by atoms with van der Waals surface area (Å²) in [5.41, 5.74) is 0.512. The lowest BCUT2D eigenvalue weighted by Gasteiger charge is -2.30. The van der Waals surface area contributed by atoms with Crippen molar-refractivity contribution in [3.8, 4) is 0 Å². The van der Waals surface area contributed by atoms with Gasteiger partial charge in [0, 0.05) is 10.7 Å². The van der Waals surface area contributed by atoms with Crippen LogP contribution in [-0.4, -0.2) is 54.8 Å². The quantitative estimate of drug-likeness (QED) is 0.833. The molecule has 20 heavy (non-hydrogen) atoms. The summed E-state index contributed by atoms with van der Waals surface area (Å²) in [5, 5.41) is 19.4. The molecule has 1 saturated heterocycles. The lowest BCUT2D eigenvalue weighted by molar-refractivity contribution is -0.135. The summed E-state index contributed by atoms with van der Waals surface area (Å²) in [6, 6.07) is 5.60. The van der Waals surface area contributed by atoms with E-state index in [1.165, 1.54) is 4.90 Å². The first kappa shape index (κ1) is 15.1. The van der Waals surface area contributed by atoms with Crippen molar-refractivity contribution >= 4 is 33.1 Å². The molecule has 8 heteroatoms. The van der Waals surface area contributed by atoms with Gasteiger partial charge in [-0.25, -0.2) is 8.42 Å². The number of aliphatic carboxylic acids is 1. The fraction of sp³-hybridized carbons (Fsp3) is 0.417. The number of benzene rings is 1. The van der Waals surface area contributed by atoms with Gasteiger partial charge >= 0.3 is 5.97 Å². The van der Waals surface area contributed by atoms with Crippen LogP contribution < -0.4 is 4.90 Å². The lowest BCUT2D eigenvalue weighted by Crippen LogP contribution is -2.46. The average Bonchev–Trinajstić information content (AvgIpc) is 2.61. The number of carboxylic acid groups (broad SMARTS) is 1. The number of aliphatic hydroxyl groups excluding tert-OH is 1. The molecule has 1 aliphatic heterocycles. The summed E-state index contributed by atoms with van der Waals surface area (Å²) >= 11 is 5.78. The zero-order valence-corrected chi connectivity index (χ0v) is 12.0. The van der Waals surface area contributed by atoms with E-state index in [9.17, 15) is 18.3 Å². The highest BCUT2D eigenvalue weighted by atomic mass is 35.5. The van der Waals surface area contributed by atoms with Gasteiger partial charge in [-0.3, -0.25) is 4.79 Å². The Balaban J connectivity index is 2.33. The molecule has 0 radical (unpaired) electrons. The summed E-state index contributed by atoms with van der Waals surface area (Å²) in [6.45, 7) is -0.390. The number of hydrogen-bond donors (Lipinski definition) is 2. The second-order valence-corrected chi connectivity index (χ2v) is 7.30. The molecule has 2 atom stereocenters. The van der Waals surface area contributed by atoms with Crippen molar-refractivity contribution < 1.29 is 23.4 Å². The molecule has 0 aromatic heterocycles. The van der Waals surface area contributed by atoms with E-state index in [0.29, 0.717) is 10.7 Å². The highest BCUT2D eigenvalue weighted by molar-refractivity contribution is 7.91. The third-order valence-electron chi connectivity index (χ3n) is 3.16. The van der Waals surface area contributed by atoms with Crippen molar-refractivity contribution in [2.45, 2.75) is 12.1 Å². The van der Waals surface area contributed by atoms with Crippen LogP contribution in [0, 0.1) is 0 Å². The smallest absolute Gasteiger partial charge is 0.323 e. The molecule has 0 amide bonds. The predicted molar refractivity (Wildman–Crippen MR) is 74.9 cm³/mol. The van der Waals surface area contributed by atoms with E-state index in [-0.39, 0.29) is 11.5 Å². The zero-order chi connectivity index (χ0) is 14.9. The molecule has 1 aliphatic rings. The van der Waals surface area contributed by atoms with Crippen LogP contribution in [0.1, 0.15) is 0 Å². The maximum absolute atomic E-state index is 11.6. The van der Waals surface area contributed by atoms with E-state index in [0.717, 1.165) is 0 Å². The Hall–Kier alpha value is -1.31. The van der Waals surface area contributed by atoms with Crippen LogP contribution in [-0.2, 0) is 14.6 Å². The first-order valence-electron chi connectivity index (χ1n) is 5.91. The fourth-order valence-corrected chi connectivity index (χ4v) is 4.21. The van der Waals surface area contributed by atoms with E-state index in [1.807, 2.05) is 0 Å². The molecule has 0 saturated carbocycles. The summed E-state index contributed by atoms with van der Waals surface area (Å²) in [5.74, 6) is -1.71. The number of carboxylic acids is 1. The van der Waals surface area contributed by atoms with Gasteiger partial charge in [0.1, 0.15) is 6.54 Å². The van der Waals surface area contributed by atoms with Gasteiger partial charge < -0.3 is 15.1 Å². The molecular weight excluding hydrogens is 306 g/mol. The van der Waals surface area contributed by atoms with Crippen LogP contribution >= 0.6 is 11.6 Å². The SMILES string of the molecule is O=C(O)CN(c1ccc(Cl)cc1)C1CS(=O)(=O)CC1O. The van der Waals surface area contributed by atoms with E-state index in [4.69, 9.17) is 16.7 Å². The Morgan fingerprint density at radius 1 is 1.30 bits per heavy atom. The van der Waals surface area contributed by atoms with Crippen LogP contribution in [0.5, 0.6) is 0 Å². The number of nitrogens with zero attached hydrogens (tertiary/aromatic N) is 1. The summed E-state index contributed by atoms with van der Waals surface area (Å²) in [4.78, 5) is 12.4. The van der Waals surface area contributed by atoms with Gasteiger partial charge in [-0.2, -0.15) is 0 Å². The minimum atomic E-state index is -3.35. The standard InChI is InChI=1S/C12H14ClNO5S/c13-8-1-3-9(4-2-8)14(5-12(16)17)10-6-20(18,19)7-11(10)15/h1-4,10-11,15H,5-7H2,(H,16,17). The number of hydrogen-bond acceptors (Lipinski definition) is 5. The van der Waals surface area contributed by atoms with Crippen LogP contribution in [0.2, 0.25) is 5.02 Å². The van der Waals surface area contributed by atoms with Crippen molar-refractivity contribution in [3.05, 3.63) is 29.3 Å². The van der Waals surface area contributed by atoms with E-state index in [1.54, 1.807) is 24.3 Å². The molecule has 1 aromatic rings. The van der Waals surface area contributed by atoms with Crippen molar-refractivity contribution in [2.75, 3.05) is 23.0 Å². The third kappa shape index (κ3) is 3.41. The lowest BCUT2D eigenvalue weighted by atomic mass is 10.1. The van der Waals surface area contributed by atoms with E-state index < -0.39 is 34.5 Å². The largest absolute Gasteiger partial charge is 0.480 e. The highest BCUT2D eigenvalue weighted by Crippen LogP contribution is 2.25. The first-order chi connectivity index (χ1) is 9.28. The predicted octanol–water partition coefficient (Wildman–Crippen LogP) is 0.389. The van der Waals surface area contributed by atoms with Crippen LogP contribution in [0.3, 0.4) is 0 Å². The van der Waals surface area contributed by atoms with Crippen molar-refractivity contribution in [1.82, 2.24) is 0 Å². The molecular formula is C12H14ClNO5S. The normalized spacial score (nSPS) is 24.5. The zero-order valence-electron chi connectivity index (χ0n) is 10.4. The second-order valence-electron chi connectivity index (χ2n) is 4.71. The number of carbonyl (C=O) groups is 1. The van der Waals surface area contributed by atoms with Gasteiger partial charge in [0.25, 0.3) is 0 Å². The molecule has 0 spiro atoms. The molecule has 0 bridgehead atoms. The van der Waals surface area contributed by atoms with Crippen LogP contribution in [0.15, 0.2) is 24.3 Å². The Morgan fingerprint density at radius 2 is 1.90 bits per heavy atom. The molecule has 2 rings (SSSR count). The third-order valence-corrected chi connectivity index (χ3v) is 5.11. The Morgan fingerprint density at radius 3 is 2.35 bits per heavy atom. The van der Waals surface area contributed by atoms with Gasteiger partial charge in [0.2, 0.25) is 0 Å². The number of anilines is 1. The number of sulfone groups is 1. The number of aliphatic hydroxyl groups is 1. The van der Waals surface area contributed by atoms with Gasteiger partial charge in [-0.05, 0) is 24.3 Å². The fourth-order valence-electron chi connectivity index (χ4n) is 2.29. The Kier molecular flexibility index (Phi) is 4.22. The second kappa shape index (κ2) is 5.59. The van der Waals surface area contributed by atoms with E-state index >= 15 is 0 Å². The highest BCUT2D eigenvalue weighted by Gasteiger charge is 2.40. The van der Waals surface area contributed by atoms with Crippen molar-refractivity contribution in [3.63, 3.8) is 0 Å². The van der Waals surface area contributed by atoms with Crippen molar-refractivity contribution in [2.24, 2.45) is 0 Å². The molecule has 1 fully saturated rings. The molecule has 2 unspecified atom stereocenters. The van der Waals surface area contributed by atoms with Crippen molar-refractivity contribution in [1.29, 1.82) is 0 Å². The molecule has 2 N–H and O–H groups in total. The molecule has 1 heterocycles. The summed E-state index contributed by atoms with van der Waals surface area (Å²) < 4.78 is 23.1. The topological polar surface area (TPSA) is 94.9 Å². The summed E-state index contributed by atoms with van der Waals surface area (Å²) in [7, 11) is -3.35.